The Kier molecular flexibility index (Phi) is 4.97. The SMILES string of the molecule is O=S(=O)(NCCc1cccc(C(F)(F)F)c1)c1cccc2cnccc12. The topological polar surface area (TPSA) is 59.1 Å². The Morgan fingerprint density at radius 1 is 1.04 bits per heavy atom. The van der Waals surface area contributed by atoms with Crippen molar-refractivity contribution in [1.82, 2.24) is 9.71 Å². The molecule has 1 N–H and O–H groups in total. The van der Waals surface area contributed by atoms with Gasteiger partial charge in [-0.2, -0.15) is 13.2 Å². The van der Waals surface area contributed by atoms with Gasteiger partial charge >= 0.3 is 6.18 Å². The highest BCUT2D eigenvalue weighted by atomic mass is 32.2. The second kappa shape index (κ2) is 7.05. The van der Waals surface area contributed by atoms with E-state index in [4.69, 9.17) is 0 Å². The maximum Gasteiger partial charge on any atom is 0.416 e. The minimum Gasteiger partial charge on any atom is -0.264 e. The van der Waals surface area contributed by atoms with Crippen LogP contribution in [0.15, 0.2) is 65.8 Å². The molecule has 0 atom stereocenters. The molecule has 3 rings (SSSR count). The van der Waals surface area contributed by atoms with Crippen LogP contribution < -0.4 is 4.72 Å². The van der Waals surface area contributed by atoms with Gasteiger partial charge in [0.25, 0.3) is 0 Å². The Hall–Kier alpha value is -2.45. The van der Waals surface area contributed by atoms with Gasteiger partial charge < -0.3 is 0 Å². The predicted molar refractivity (Wildman–Crippen MR) is 92.1 cm³/mol. The minimum absolute atomic E-state index is 0.00881. The van der Waals surface area contributed by atoms with Crippen LogP contribution in [0.3, 0.4) is 0 Å². The number of pyridine rings is 1. The smallest absolute Gasteiger partial charge is 0.264 e. The molecule has 0 radical (unpaired) electrons. The lowest BCUT2D eigenvalue weighted by atomic mass is 10.1. The maximum atomic E-state index is 12.7. The molecule has 0 bridgehead atoms. The fraction of sp³-hybridized carbons (Fsp3) is 0.167. The van der Waals surface area contributed by atoms with Crippen LogP contribution in [-0.2, 0) is 22.6 Å². The molecule has 4 nitrogen and oxygen atoms in total. The number of hydrogen-bond donors (Lipinski definition) is 1. The number of hydrogen-bond acceptors (Lipinski definition) is 3. The lowest BCUT2D eigenvalue weighted by molar-refractivity contribution is -0.137. The van der Waals surface area contributed by atoms with Gasteiger partial charge in [0, 0.05) is 29.7 Å². The van der Waals surface area contributed by atoms with E-state index in [2.05, 4.69) is 9.71 Å². The molecule has 1 aromatic heterocycles. The van der Waals surface area contributed by atoms with E-state index >= 15 is 0 Å². The van der Waals surface area contributed by atoms with Gasteiger partial charge in [0.05, 0.1) is 10.5 Å². The van der Waals surface area contributed by atoms with Crippen molar-refractivity contribution in [3.8, 4) is 0 Å². The van der Waals surface area contributed by atoms with Crippen molar-refractivity contribution in [3.63, 3.8) is 0 Å². The van der Waals surface area contributed by atoms with Crippen molar-refractivity contribution in [3.05, 3.63) is 72.1 Å². The van der Waals surface area contributed by atoms with E-state index in [0.29, 0.717) is 16.3 Å². The molecule has 1 heterocycles. The van der Waals surface area contributed by atoms with Gasteiger partial charge in [0.2, 0.25) is 10.0 Å². The van der Waals surface area contributed by atoms with Crippen molar-refractivity contribution < 1.29 is 21.6 Å². The molecule has 2 aromatic carbocycles. The Labute approximate surface area is 148 Å². The van der Waals surface area contributed by atoms with Gasteiger partial charge in [-0.3, -0.25) is 4.98 Å². The number of fused-ring (bicyclic) bond motifs is 1. The van der Waals surface area contributed by atoms with Crippen LogP contribution in [0.2, 0.25) is 0 Å². The third kappa shape index (κ3) is 4.03. The number of nitrogens with zero attached hydrogens (tertiary/aromatic N) is 1. The number of nitrogens with one attached hydrogen (secondary N) is 1. The first-order chi connectivity index (χ1) is 12.3. The largest absolute Gasteiger partial charge is 0.416 e. The number of alkyl halides is 3. The van der Waals surface area contributed by atoms with Crippen LogP contribution in [0.4, 0.5) is 13.2 Å². The van der Waals surface area contributed by atoms with Gasteiger partial charge in [0.15, 0.2) is 0 Å². The first kappa shape index (κ1) is 18.3. The summed E-state index contributed by atoms with van der Waals surface area (Å²) in [5, 5.41) is 1.22. The van der Waals surface area contributed by atoms with Crippen LogP contribution in [0.1, 0.15) is 11.1 Å². The fourth-order valence-corrected chi connectivity index (χ4v) is 3.90. The molecule has 0 unspecified atom stereocenters. The van der Waals surface area contributed by atoms with Gasteiger partial charge in [-0.25, -0.2) is 13.1 Å². The van der Waals surface area contributed by atoms with Crippen molar-refractivity contribution in [2.75, 3.05) is 6.54 Å². The summed E-state index contributed by atoms with van der Waals surface area (Å²) in [5.41, 5.74) is -0.343. The summed E-state index contributed by atoms with van der Waals surface area (Å²) in [6, 6.07) is 11.3. The number of rotatable bonds is 5. The number of benzene rings is 2. The molecule has 0 aliphatic rings. The quantitative estimate of drug-likeness (QED) is 0.733. The van der Waals surface area contributed by atoms with Crippen LogP contribution >= 0.6 is 0 Å². The summed E-state index contributed by atoms with van der Waals surface area (Å²) in [7, 11) is -3.80. The van der Waals surface area contributed by atoms with Gasteiger partial charge in [-0.15, -0.1) is 0 Å². The highest BCUT2D eigenvalue weighted by Crippen LogP contribution is 2.29. The first-order valence-electron chi connectivity index (χ1n) is 7.76. The molecule has 0 aliphatic heterocycles. The first-order valence-corrected chi connectivity index (χ1v) is 9.24. The fourth-order valence-electron chi connectivity index (χ4n) is 2.64. The van der Waals surface area contributed by atoms with Gasteiger partial charge in [0.1, 0.15) is 0 Å². The zero-order valence-corrected chi connectivity index (χ0v) is 14.3. The second-order valence-corrected chi connectivity index (χ2v) is 7.43. The molecular formula is C18H15F3N2O2S. The van der Waals surface area contributed by atoms with E-state index < -0.39 is 21.8 Å². The highest BCUT2D eigenvalue weighted by molar-refractivity contribution is 7.89. The molecule has 0 fully saturated rings. The van der Waals surface area contributed by atoms with Crippen molar-refractivity contribution >= 4 is 20.8 Å². The predicted octanol–water partition coefficient (Wildman–Crippen LogP) is 3.77. The Morgan fingerprint density at radius 3 is 2.58 bits per heavy atom. The standard InChI is InChI=1S/C18H15F3N2O2S/c19-18(20,21)15-5-1-3-13(11-15)7-10-23-26(24,25)17-6-2-4-14-12-22-9-8-16(14)17/h1-6,8-9,11-12,23H,7,10H2. The van der Waals surface area contributed by atoms with E-state index in [0.717, 1.165) is 12.1 Å². The Morgan fingerprint density at radius 2 is 1.81 bits per heavy atom. The van der Waals surface area contributed by atoms with E-state index in [1.165, 1.54) is 24.4 Å². The van der Waals surface area contributed by atoms with Gasteiger partial charge in [-0.05, 0) is 30.2 Å². The molecule has 0 saturated carbocycles. The molecule has 0 amide bonds. The van der Waals surface area contributed by atoms with Crippen LogP contribution in [-0.4, -0.2) is 19.9 Å². The number of aromatic nitrogens is 1. The molecule has 3 aromatic rings. The molecule has 8 heteroatoms. The second-order valence-electron chi connectivity index (χ2n) is 5.70. The highest BCUT2D eigenvalue weighted by Gasteiger charge is 2.30. The third-order valence-electron chi connectivity index (χ3n) is 3.89. The summed E-state index contributed by atoms with van der Waals surface area (Å²) in [4.78, 5) is 4.07. The Bertz CT molecular complexity index is 1030. The molecule has 26 heavy (non-hydrogen) atoms. The van der Waals surface area contributed by atoms with E-state index in [-0.39, 0.29) is 17.9 Å². The molecule has 136 valence electrons. The van der Waals surface area contributed by atoms with Crippen LogP contribution in [0.25, 0.3) is 10.8 Å². The van der Waals surface area contributed by atoms with Crippen LogP contribution in [0, 0.1) is 0 Å². The molecule has 0 spiro atoms. The number of sulfonamides is 1. The average Bonchev–Trinajstić information content (AvgIpc) is 2.60. The summed E-state index contributed by atoms with van der Waals surface area (Å²) in [6.07, 6.45) is -1.21. The maximum absolute atomic E-state index is 12.7. The molecular weight excluding hydrogens is 365 g/mol. The lowest BCUT2D eigenvalue weighted by Crippen LogP contribution is -2.26. The lowest BCUT2D eigenvalue weighted by Gasteiger charge is -2.11. The molecule has 0 aliphatic carbocycles. The Balaban J connectivity index is 1.75. The van der Waals surface area contributed by atoms with Crippen molar-refractivity contribution in [1.29, 1.82) is 0 Å². The summed E-state index contributed by atoms with van der Waals surface area (Å²) in [6.45, 7) is -0.00881. The monoisotopic (exact) mass is 380 g/mol. The summed E-state index contributed by atoms with van der Waals surface area (Å²) in [5.74, 6) is 0. The van der Waals surface area contributed by atoms with Crippen molar-refractivity contribution in [2.45, 2.75) is 17.5 Å². The third-order valence-corrected chi connectivity index (χ3v) is 5.41. The van der Waals surface area contributed by atoms with Gasteiger partial charge in [-0.1, -0.05) is 30.3 Å². The summed E-state index contributed by atoms with van der Waals surface area (Å²) >= 11 is 0. The normalized spacial score (nSPS) is 12.4. The summed E-state index contributed by atoms with van der Waals surface area (Å²) < 4.78 is 65.7. The average molecular weight is 380 g/mol. The minimum atomic E-state index is -4.42. The zero-order chi connectivity index (χ0) is 18.8. The van der Waals surface area contributed by atoms with E-state index in [9.17, 15) is 21.6 Å². The van der Waals surface area contributed by atoms with E-state index in [1.54, 1.807) is 24.4 Å². The number of halogens is 3. The van der Waals surface area contributed by atoms with E-state index in [1.807, 2.05) is 0 Å². The van der Waals surface area contributed by atoms with Crippen LogP contribution in [0.5, 0.6) is 0 Å². The zero-order valence-electron chi connectivity index (χ0n) is 13.5. The van der Waals surface area contributed by atoms with Crippen molar-refractivity contribution in [2.24, 2.45) is 0 Å². The molecule has 0 saturated heterocycles.